The quantitative estimate of drug-likeness (QED) is 0.447. The molecule has 0 aromatic heterocycles. The molecule has 0 aromatic rings. The summed E-state index contributed by atoms with van der Waals surface area (Å²) >= 11 is 5.87. The van der Waals surface area contributed by atoms with Crippen molar-refractivity contribution in [3.63, 3.8) is 0 Å². The molecule has 72 valence electrons. The molecule has 0 N–H and O–H groups in total. The maximum absolute atomic E-state index is 5.87. The second-order valence-corrected chi connectivity index (χ2v) is 5.40. The Kier molecular flexibility index (Phi) is 4.33. The van der Waals surface area contributed by atoms with Gasteiger partial charge in [-0.15, -0.1) is 18.2 Å². The molecule has 0 atom stereocenters. The number of halogens is 1. The van der Waals surface area contributed by atoms with Gasteiger partial charge in [0.1, 0.15) is 0 Å². The van der Waals surface area contributed by atoms with Gasteiger partial charge in [0.05, 0.1) is 0 Å². The lowest BCUT2D eigenvalue weighted by molar-refractivity contribution is 0.218. The minimum Gasteiger partial charge on any atom is -0.126 e. The van der Waals surface area contributed by atoms with Crippen LogP contribution in [0.3, 0.4) is 0 Å². The number of hydrogen-bond donors (Lipinski definition) is 0. The molecule has 0 fully saturated rings. The van der Waals surface area contributed by atoms with Crippen molar-refractivity contribution in [3.05, 3.63) is 12.7 Å². The Bertz CT molecular complexity index is 145. The first kappa shape index (κ1) is 12.0. The van der Waals surface area contributed by atoms with E-state index in [0.717, 1.165) is 18.7 Å². The Balaban J connectivity index is 4.12. The fourth-order valence-electron chi connectivity index (χ4n) is 1.81. The van der Waals surface area contributed by atoms with Crippen molar-refractivity contribution in [2.45, 2.75) is 40.5 Å². The fraction of sp³-hybridized carbons (Fsp3) is 0.818. The lowest BCUT2D eigenvalue weighted by Gasteiger charge is -2.32. The van der Waals surface area contributed by atoms with E-state index in [2.05, 4.69) is 34.3 Å². The third-order valence-corrected chi connectivity index (χ3v) is 2.74. The zero-order valence-electron chi connectivity index (χ0n) is 8.78. The van der Waals surface area contributed by atoms with E-state index in [1.807, 2.05) is 6.08 Å². The molecule has 0 spiro atoms. The third-order valence-electron chi connectivity index (χ3n) is 2.02. The monoisotopic (exact) mass is 188 g/mol. The van der Waals surface area contributed by atoms with Gasteiger partial charge in [0.2, 0.25) is 0 Å². The molecule has 0 amide bonds. The first-order valence-electron chi connectivity index (χ1n) is 4.50. The van der Waals surface area contributed by atoms with Gasteiger partial charge in [0, 0.05) is 5.88 Å². The van der Waals surface area contributed by atoms with Crippen LogP contribution in [0.1, 0.15) is 40.5 Å². The van der Waals surface area contributed by atoms with Crippen LogP contribution in [-0.2, 0) is 0 Å². The van der Waals surface area contributed by atoms with Crippen molar-refractivity contribution in [1.29, 1.82) is 0 Å². The molecule has 0 nitrogen and oxygen atoms in total. The molecule has 0 aliphatic carbocycles. The zero-order valence-corrected chi connectivity index (χ0v) is 9.54. The second-order valence-electron chi connectivity index (χ2n) is 5.13. The van der Waals surface area contributed by atoms with Crippen molar-refractivity contribution in [3.8, 4) is 0 Å². The predicted octanol–water partition coefficient (Wildman–Crippen LogP) is 4.24. The standard InChI is InChI=1S/C11H21Cl/c1-6-7-10(2,3)8-11(4,5)9-12/h6H,1,7-9H2,2-5H3. The minimum absolute atomic E-state index is 0.244. The average Bonchev–Trinajstić information content (AvgIpc) is 1.85. The van der Waals surface area contributed by atoms with Gasteiger partial charge < -0.3 is 0 Å². The van der Waals surface area contributed by atoms with Crippen LogP contribution in [0.2, 0.25) is 0 Å². The fourth-order valence-corrected chi connectivity index (χ4v) is 1.90. The van der Waals surface area contributed by atoms with Gasteiger partial charge in [-0.2, -0.15) is 0 Å². The van der Waals surface area contributed by atoms with Crippen molar-refractivity contribution in [2.24, 2.45) is 10.8 Å². The number of alkyl halides is 1. The Labute approximate surface area is 82.0 Å². The number of hydrogen-bond acceptors (Lipinski definition) is 0. The molecule has 0 saturated heterocycles. The molecule has 0 saturated carbocycles. The summed E-state index contributed by atoms with van der Waals surface area (Å²) in [5.41, 5.74) is 0.578. The third kappa shape index (κ3) is 4.82. The molecule has 0 rings (SSSR count). The van der Waals surface area contributed by atoms with E-state index in [-0.39, 0.29) is 5.41 Å². The maximum Gasteiger partial charge on any atom is 0.0274 e. The SMILES string of the molecule is C=CCC(C)(C)CC(C)(C)CCl. The lowest BCUT2D eigenvalue weighted by Crippen LogP contribution is -2.24. The topological polar surface area (TPSA) is 0 Å². The highest BCUT2D eigenvalue weighted by Gasteiger charge is 2.26. The van der Waals surface area contributed by atoms with Crippen LogP contribution in [0, 0.1) is 10.8 Å². The molecule has 0 bridgehead atoms. The molecule has 0 aliphatic heterocycles. The van der Waals surface area contributed by atoms with Gasteiger partial charge in [-0.25, -0.2) is 0 Å². The van der Waals surface area contributed by atoms with Crippen LogP contribution in [0.15, 0.2) is 12.7 Å². The van der Waals surface area contributed by atoms with E-state index in [1.54, 1.807) is 0 Å². The second kappa shape index (κ2) is 4.32. The van der Waals surface area contributed by atoms with Gasteiger partial charge in [-0.05, 0) is 23.7 Å². The largest absolute Gasteiger partial charge is 0.126 e. The van der Waals surface area contributed by atoms with Crippen molar-refractivity contribution >= 4 is 11.6 Å². The normalized spacial score (nSPS) is 13.1. The Morgan fingerprint density at radius 2 is 1.67 bits per heavy atom. The highest BCUT2D eigenvalue weighted by Crippen LogP contribution is 2.36. The van der Waals surface area contributed by atoms with E-state index < -0.39 is 0 Å². The van der Waals surface area contributed by atoms with Crippen LogP contribution in [0.4, 0.5) is 0 Å². The van der Waals surface area contributed by atoms with Crippen LogP contribution < -0.4 is 0 Å². The summed E-state index contributed by atoms with van der Waals surface area (Å²) in [4.78, 5) is 0. The average molecular weight is 189 g/mol. The highest BCUT2D eigenvalue weighted by atomic mass is 35.5. The van der Waals surface area contributed by atoms with Gasteiger partial charge in [-0.1, -0.05) is 33.8 Å². The Morgan fingerprint density at radius 3 is 2.00 bits per heavy atom. The zero-order chi connectivity index (χ0) is 9.83. The summed E-state index contributed by atoms with van der Waals surface area (Å²) in [6, 6.07) is 0. The van der Waals surface area contributed by atoms with Crippen LogP contribution in [-0.4, -0.2) is 5.88 Å². The molecule has 1 heteroatoms. The molecule has 12 heavy (non-hydrogen) atoms. The summed E-state index contributed by atoms with van der Waals surface area (Å²) in [5, 5.41) is 0. The first-order valence-corrected chi connectivity index (χ1v) is 5.03. The molecule has 0 aliphatic rings. The molecule has 0 radical (unpaired) electrons. The summed E-state index contributed by atoms with van der Waals surface area (Å²) in [5.74, 6) is 0.730. The Morgan fingerprint density at radius 1 is 1.17 bits per heavy atom. The van der Waals surface area contributed by atoms with Crippen molar-refractivity contribution in [1.82, 2.24) is 0 Å². The van der Waals surface area contributed by atoms with Gasteiger partial charge in [0.15, 0.2) is 0 Å². The first-order chi connectivity index (χ1) is 5.33. The molecular weight excluding hydrogens is 168 g/mol. The lowest BCUT2D eigenvalue weighted by atomic mass is 9.74. The predicted molar refractivity (Wildman–Crippen MR) is 57.7 cm³/mol. The number of allylic oxidation sites excluding steroid dienone is 1. The van der Waals surface area contributed by atoms with Gasteiger partial charge in [-0.3, -0.25) is 0 Å². The van der Waals surface area contributed by atoms with E-state index in [0.29, 0.717) is 5.41 Å². The van der Waals surface area contributed by atoms with E-state index in [1.165, 1.54) is 0 Å². The summed E-state index contributed by atoms with van der Waals surface area (Å²) in [6.45, 7) is 12.7. The maximum atomic E-state index is 5.87. The smallest absolute Gasteiger partial charge is 0.0274 e. The minimum atomic E-state index is 0.244. The van der Waals surface area contributed by atoms with Crippen LogP contribution in [0.25, 0.3) is 0 Å². The molecular formula is C11H21Cl. The Hall–Kier alpha value is 0.0300. The van der Waals surface area contributed by atoms with Crippen molar-refractivity contribution in [2.75, 3.05) is 5.88 Å². The van der Waals surface area contributed by atoms with Gasteiger partial charge >= 0.3 is 0 Å². The summed E-state index contributed by atoms with van der Waals surface area (Å²) in [6.07, 6.45) is 4.20. The summed E-state index contributed by atoms with van der Waals surface area (Å²) < 4.78 is 0. The van der Waals surface area contributed by atoms with E-state index in [4.69, 9.17) is 11.6 Å². The molecule has 0 aromatic carbocycles. The van der Waals surface area contributed by atoms with E-state index in [9.17, 15) is 0 Å². The van der Waals surface area contributed by atoms with Crippen molar-refractivity contribution < 1.29 is 0 Å². The summed E-state index contributed by atoms with van der Waals surface area (Å²) in [7, 11) is 0. The van der Waals surface area contributed by atoms with Gasteiger partial charge in [0.25, 0.3) is 0 Å². The van der Waals surface area contributed by atoms with Crippen LogP contribution in [0.5, 0.6) is 0 Å². The molecule has 0 heterocycles. The number of rotatable bonds is 5. The van der Waals surface area contributed by atoms with E-state index >= 15 is 0 Å². The van der Waals surface area contributed by atoms with Crippen LogP contribution >= 0.6 is 11.6 Å². The molecule has 0 unspecified atom stereocenters. The highest BCUT2D eigenvalue weighted by molar-refractivity contribution is 6.18.